The first-order valence-electron chi connectivity index (χ1n) is 5.74. The number of carbonyl (C=O) groups excluding carboxylic acids is 1. The minimum atomic E-state index is -4.94. The van der Waals surface area contributed by atoms with Gasteiger partial charge in [0.2, 0.25) is 0 Å². The fourth-order valence-corrected chi connectivity index (χ4v) is 1.81. The molecular formula is C13H12F3N3O. The monoisotopic (exact) mass is 283 g/mol. The Morgan fingerprint density at radius 1 is 1.25 bits per heavy atom. The number of benzene rings is 1. The molecule has 2 rings (SSSR count). The first kappa shape index (κ1) is 14.3. The Kier molecular flexibility index (Phi) is 3.63. The van der Waals surface area contributed by atoms with Gasteiger partial charge in [-0.25, -0.2) is 5.01 Å². The predicted octanol–water partition coefficient (Wildman–Crippen LogP) is 2.87. The molecule has 1 N–H and O–H groups in total. The largest absolute Gasteiger partial charge is 0.455 e. The summed E-state index contributed by atoms with van der Waals surface area (Å²) >= 11 is 0. The van der Waals surface area contributed by atoms with Gasteiger partial charge in [-0.1, -0.05) is 18.2 Å². The summed E-state index contributed by atoms with van der Waals surface area (Å²) in [4.78, 5) is 15.4. The topological polar surface area (TPSA) is 45.2 Å². The number of aromatic nitrogens is 1. The number of alkyl halides is 3. The van der Waals surface area contributed by atoms with Crippen molar-refractivity contribution in [3.05, 3.63) is 36.0 Å². The number of Topliss-reactive ketones (excluding diaryl/α,β-unsaturated/α-hetero) is 1. The molecule has 1 aromatic heterocycles. The normalized spacial score (nSPS) is 11.9. The molecule has 106 valence electrons. The lowest BCUT2D eigenvalue weighted by atomic mass is 10.1. The van der Waals surface area contributed by atoms with Crippen molar-refractivity contribution < 1.29 is 18.0 Å². The lowest BCUT2D eigenvalue weighted by Crippen LogP contribution is -2.27. The molecule has 7 heteroatoms. The van der Waals surface area contributed by atoms with E-state index in [9.17, 15) is 18.0 Å². The minimum Gasteiger partial charge on any atom is -0.318 e. The van der Waals surface area contributed by atoms with Crippen molar-refractivity contribution in [3.8, 4) is 0 Å². The van der Waals surface area contributed by atoms with Crippen molar-refractivity contribution >= 4 is 22.4 Å². The number of anilines is 1. The summed E-state index contributed by atoms with van der Waals surface area (Å²) in [5.74, 6) is -1.92. The van der Waals surface area contributed by atoms with Gasteiger partial charge in [-0.3, -0.25) is 9.78 Å². The smallest absolute Gasteiger partial charge is 0.318 e. The van der Waals surface area contributed by atoms with Gasteiger partial charge in [-0.15, -0.1) is 0 Å². The number of carbonyl (C=O) groups is 1. The Morgan fingerprint density at radius 2 is 1.90 bits per heavy atom. The zero-order valence-electron chi connectivity index (χ0n) is 10.8. The van der Waals surface area contributed by atoms with E-state index in [1.165, 1.54) is 5.01 Å². The lowest BCUT2D eigenvalue weighted by molar-refractivity contribution is -0.0884. The van der Waals surface area contributed by atoms with Crippen LogP contribution in [0.5, 0.6) is 0 Å². The highest BCUT2D eigenvalue weighted by Crippen LogP contribution is 2.31. The molecule has 0 aliphatic heterocycles. The van der Waals surface area contributed by atoms with Crippen LogP contribution < -0.4 is 5.43 Å². The molecule has 0 amide bonds. The Morgan fingerprint density at radius 3 is 2.50 bits per heavy atom. The van der Waals surface area contributed by atoms with Crippen molar-refractivity contribution in [1.82, 2.24) is 9.99 Å². The predicted molar refractivity (Wildman–Crippen MR) is 69.4 cm³/mol. The summed E-state index contributed by atoms with van der Waals surface area (Å²) in [5, 5.41) is 1.92. The van der Waals surface area contributed by atoms with Gasteiger partial charge in [0.05, 0.1) is 16.8 Å². The van der Waals surface area contributed by atoms with Crippen LogP contribution in [-0.4, -0.2) is 36.0 Å². The molecule has 0 saturated heterocycles. The van der Waals surface area contributed by atoms with Crippen molar-refractivity contribution in [2.75, 3.05) is 19.5 Å². The molecule has 0 aliphatic carbocycles. The van der Waals surface area contributed by atoms with Crippen LogP contribution in [0.4, 0.5) is 18.9 Å². The van der Waals surface area contributed by atoms with E-state index in [1.54, 1.807) is 38.4 Å². The number of fused-ring (bicyclic) bond motifs is 1. The van der Waals surface area contributed by atoms with Crippen LogP contribution in [0.25, 0.3) is 10.9 Å². The average molecular weight is 283 g/mol. The summed E-state index contributed by atoms with van der Waals surface area (Å²) < 4.78 is 37.9. The number of pyridine rings is 1. The average Bonchev–Trinajstić information content (AvgIpc) is 2.37. The Hall–Kier alpha value is -2.15. The molecule has 0 spiro atoms. The number of nitrogens with one attached hydrogen (secondary N) is 1. The molecule has 2 aromatic rings. The van der Waals surface area contributed by atoms with E-state index in [0.29, 0.717) is 10.9 Å². The fraction of sp³-hybridized carbons (Fsp3) is 0.231. The second kappa shape index (κ2) is 5.09. The van der Waals surface area contributed by atoms with Gasteiger partial charge >= 0.3 is 6.18 Å². The number of para-hydroxylation sites is 1. The molecule has 4 nitrogen and oxygen atoms in total. The number of hydrazine groups is 1. The van der Waals surface area contributed by atoms with Crippen molar-refractivity contribution in [3.63, 3.8) is 0 Å². The third-order valence-electron chi connectivity index (χ3n) is 2.61. The van der Waals surface area contributed by atoms with E-state index in [-0.39, 0.29) is 5.69 Å². The van der Waals surface area contributed by atoms with Gasteiger partial charge in [0, 0.05) is 25.7 Å². The molecule has 0 bridgehead atoms. The molecule has 0 aliphatic rings. The van der Waals surface area contributed by atoms with Gasteiger partial charge in [0.15, 0.2) is 0 Å². The standard InChI is InChI=1S/C13H12F3N3O/c1-19(2)18-11-8-5-3-4-6-10(8)17-7-9(11)12(20)13(14,15)16/h3-7H,1-2H3,(H,17,18). The molecule has 0 saturated carbocycles. The quantitative estimate of drug-likeness (QED) is 0.695. The highest BCUT2D eigenvalue weighted by Gasteiger charge is 2.41. The van der Waals surface area contributed by atoms with Crippen LogP contribution in [0.1, 0.15) is 10.4 Å². The Labute approximate surface area is 113 Å². The molecule has 0 fully saturated rings. The molecule has 0 atom stereocenters. The van der Waals surface area contributed by atoms with Gasteiger partial charge in [-0.2, -0.15) is 13.2 Å². The summed E-state index contributed by atoms with van der Waals surface area (Å²) in [6.45, 7) is 0. The summed E-state index contributed by atoms with van der Waals surface area (Å²) in [7, 11) is 3.24. The summed E-state index contributed by atoms with van der Waals surface area (Å²) in [6.07, 6.45) is -3.99. The molecular weight excluding hydrogens is 271 g/mol. The maximum atomic E-state index is 12.6. The Balaban J connectivity index is 2.68. The van der Waals surface area contributed by atoms with Crippen LogP contribution in [0.2, 0.25) is 0 Å². The molecule has 1 aromatic carbocycles. The zero-order chi connectivity index (χ0) is 14.9. The van der Waals surface area contributed by atoms with E-state index in [4.69, 9.17) is 0 Å². The maximum absolute atomic E-state index is 12.6. The number of rotatable bonds is 3. The van der Waals surface area contributed by atoms with Crippen LogP contribution in [0.15, 0.2) is 30.5 Å². The third-order valence-corrected chi connectivity index (χ3v) is 2.61. The number of hydrogen-bond acceptors (Lipinski definition) is 4. The van der Waals surface area contributed by atoms with E-state index in [2.05, 4.69) is 10.4 Å². The van der Waals surface area contributed by atoms with E-state index in [1.807, 2.05) is 0 Å². The highest BCUT2D eigenvalue weighted by molar-refractivity contribution is 6.10. The van der Waals surface area contributed by atoms with Crippen LogP contribution >= 0.6 is 0 Å². The number of halogens is 3. The first-order chi connectivity index (χ1) is 9.30. The third kappa shape index (κ3) is 2.72. The van der Waals surface area contributed by atoms with Gasteiger partial charge < -0.3 is 5.43 Å². The van der Waals surface area contributed by atoms with Gasteiger partial charge in [-0.05, 0) is 6.07 Å². The molecule has 0 radical (unpaired) electrons. The molecule has 20 heavy (non-hydrogen) atoms. The number of hydrogen-bond donors (Lipinski definition) is 1. The SMILES string of the molecule is CN(C)Nc1c(C(=O)C(F)(F)F)cnc2ccccc12. The summed E-state index contributed by atoms with van der Waals surface area (Å²) in [6, 6.07) is 6.67. The second-order valence-corrected chi connectivity index (χ2v) is 4.40. The second-order valence-electron chi connectivity index (χ2n) is 4.40. The number of nitrogens with zero attached hydrogens (tertiary/aromatic N) is 2. The fourth-order valence-electron chi connectivity index (χ4n) is 1.81. The van der Waals surface area contributed by atoms with Crippen LogP contribution in [-0.2, 0) is 0 Å². The summed E-state index contributed by atoms with van der Waals surface area (Å²) in [5.41, 5.74) is 2.86. The van der Waals surface area contributed by atoms with E-state index < -0.39 is 17.5 Å². The van der Waals surface area contributed by atoms with Crippen molar-refractivity contribution in [1.29, 1.82) is 0 Å². The van der Waals surface area contributed by atoms with E-state index in [0.717, 1.165) is 6.20 Å². The molecule has 1 heterocycles. The zero-order valence-corrected chi connectivity index (χ0v) is 10.8. The maximum Gasteiger partial charge on any atom is 0.455 e. The van der Waals surface area contributed by atoms with Crippen LogP contribution in [0, 0.1) is 0 Å². The van der Waals surface area contributed by atoms with Gasteiger partial charge in [0.25, 0.3) is 5.78 Å². The lowest BCUT2D eigenvalue weighted by Gasteiger charge is -2.19. The minimum absolute atomic E-state index is 0.0999. The number of ketones is 1. The Bertz CT molecular complexity index is 653. The van der Waals surface area contributed by atoms with Gasteiger partial charge in [0.1, 0.15) is 0 Å². The van der Waals surface area contributed by atoms with Crippen LogP contribution in [0.3, 0.4) is 0 Å². The van der Waals surface area contributed by atoms with Crippen molar-refractivity contribution in [2.45, 2.75) is 6.18 Å². The highest BCUT2D eigenvalue weighted by atomic mass is 19.4. The first-order valence-corrected chi connectivity index (χ1v) is 5.74. The van der Waals surface area contributed by atoms with Crippen molar-refractivity contribution in [2.24, 2.45) is 0 Å². The van der Waals surface area contributed by atoms with E-state index >= 15 is 0 Å². The molecule has 0 unspecified atom stereocenters.